The van der Waals surface area contributed by atoms with Crippen LogP contribution < -0.4 is 0 Å². The molecule has 0 saturated carbocycles. The second kappa shape index (κ2) is 4.78. The van der Waals surface area contributed by atoms with Crippen LogP contribution in [0.15, 0.2) is 36.9 Å². The van der Waals surface area contributed by atoms with Gasteiger partial charge >= 0.3 is 5.97 Å². The number of hydrogen-bond acceptors (Lipinski definition) is 3. The normalized spacial score (nSPS) is 12.3. The highest BCUT2D eigenvalue weighted by Crippen LogP contribution is 2.21. The lowest BCUT2D eigenvalue weighted by Crippen LogP contribution is -2.19. The molecule has 0 aliphatic carbocycles. The molecule has 1 unspecified atom stereocenters. The van der Waals surface area contributed by atoms with E-state index in [4.69, 9.17) is 0 Å². The van der Waals surface area contributed by atoms with Crippen LogP contribution in [0.3, 0.4) is 0 Å². The summed E-state index contributed by atoms with van der Waals surface area (Å²) >= 11 is 0. The van der Waals surface area contributed by atoms with E-state index in [2.05, 4.69) is 10.1 Å². The zero-order valence-electron chi connectivity index (χ0n) is 9.45. The van der Waals surface area contributed by atoms with Gasteiger partial charge in [0.2, 0.25) is 0 Å². The molecule has 1 aromatic carbocycles. The average molecular weight is 231 g/mol. The number of aliphatic carboxylic acids is 1. The molecule has 1 atom stereocenters. The van der Waals surface area contributed by atoms with Gasteiger partial charge in [-0.25, -0.2) is 4.98 Å². The van der Waals surface area contributed by atoms with E-state index < -0.39 is 11.9 Å². The molecule has 17 heavy (non-hydrogen) atoms. The number of benzene rings is 1. The second-order valence-corrected chi connectivity index (χ2v) is 3.86. The quantitative estimate of drug-likeness (QED) is 0.864. The standard InChI is InChI=1S/C12H13N3O2/c1-9-4-2-3-5-10(9)11(12(16)17)6-15-8-13-7-14-15/h2-5,7-8,11H,6H2,1H3,(H,16,17). The van der Waals surface area contributed by atoms with Crippen molar-refractivity contribution in [2.24, 2.45) is 0 Å². The first-order chi connectivity index (χ1) is 8.18. The number of carboxylic acid groups (broad SMARTS) is 1. The van der Waals surface area contributed by atoms with Gasteiger partial charge < -0.3 is 5.11 Å². The minimum atomic E-state index is -0.852. The molecular weight excluding hydrogens is 218 g/mol. The van der Waals surface area contributed by atoms with Gasteiger partial charge in [-0.2, -0.15) is 5.10 Å². The van der Waals surface area contributed by atoms with Gasteiger partial charge in [-0.05, 0) is 18.1 Å². The van der Waals surface area contributed by atoms with E-state index in [0.29, 0.717) is 6.54 Å². The Bertz CT molecular complexity index is 508. The van der Waals surface area contributed by atoms with Crippen molar-refractivity contribution < 1.29 is 9.90 Å². The highest BCUT2D eigenvalue weighted by Gasteiger charge is 2.22. The Hall–Kier alpha value is -2.17. The maximum atomic E-state index is 11.3. The molecule has 2 aromatic rings. The van der Waals surface area contributed by atoms with Gasteiger partial charge in [-0.15, -0.1) is 0 Å². The topological polar surface area (TPSA) is 68.0 Å². The third-order valence-corrected chi connectivity index (χ3v) is 2.70. The van der Waals surface area contributed by atoms with Gasteiger partial charge in [-0.3, -0.25) is 9.48 Å². The van der Waals surface area contributed by atoms with Crippen molar-refractivity contribution in [2.45, 2.75) is 19.4 Å². The molecule has 5 heteroatoms. The number of aromatic nitrogens is 3. The number of carbonyl (C=O) groups is 1. The van der Waals surface area contributed by atoms with Crippen molar-refractivity contribution in [3.05, 3.63) is 48.0 Å². The number of hydrogen-bond donors (Lipinski definition) is 1. The molecule has 0 aliphatic heterocycles. The van der Waals surface area contributed by atoms with Crippen LogP contribution in [-0.4, -0.2) is 25.8 Å². The SMILES string of the molecule is Cc1ccccc1C(Cn1cncn1)C(=O)O. The minimum absolute atomic E-state index is 0.292. The minimum Gasteiger partial charge on any atom is -0.481 e. The van der Waals surface area contributed by atoms with Crippen LogP contribution in [-0.2, 0) is 11.3 Å². The van der Waals surface area contributed by atoms with Gasteiger partial charge in [0.15, 0.2) is 0 Å². The van der Waals surface area contributed by atoms with Crippen LogP contribution in [0.4, 0.5) is 0 Å². The lowest BCUT2D eigenvalue weighted by Gasteiger charge is -2.14. The van der Waals surface area contributed by atoms with Crippen molar-refractivity contribution in [2.75, 3.05) is 0 Å². The summed E-state index contributed by atoms with van der Waals surface area (Å²) in [5.74, 6) is -1.45. The van der Waals surface area contributed by atoms with Gasteiger partial charge in [0.25, 0.3) is 0 Å². The van der Waals surface area contributed by atoms with Crippen molar-refractivity contribution in [3.8, 4) is 0 Å². The third-order valence-electron chi connectivity index (χ3n) is 2.70. The fourth-order valence-electron chi connectivity index (χ4n) is 1.80. The smallest absolute Gasteiger partial charge is 0.312 e. The number of aryl methyl sites for hydroxylation is 1. The summed E-state index contributed by atoms with van der Waals surface area (Å²) in [7, 11) is 0. The summed E-state index contributed by atoms with van der Waals surface area (Å²) in [5, 5.41) is 13.2. The van der Waals surface area contributed by atoms with Gasteiger partial charge in [0.05, 0.1) is 6.54 Å². The van der Waals surface area contributed by atoms with Gasteiger partial charge in [-0.1, -0.05) is 24.3 Å². The van der Waals surface area contributed by atoms with E-state index in [1.54, 1.807) is 0 Å². The zero-order chi connectivity index (χ0) is 12.3. The first-order valence-corrected chi connectivity index (χ1v) is 5.29. The molecule has 0 bridgehead atoms. The molecule has 5 nitrogen and oxygen atoms in total. The van der Waals surface area contributed by atoms with Crippen LogP contribution in [0.1, 0.15) is 17.0 Å². The molecule has 0 radical (unpaired) electrons. The number of nitrogens with zero attached hydrogens (tertiary/aromatic N) is 3. The molecule has 1 N–H and O–H groups in total. The lowest BCUT2D eigenvalue weighted by molar-refractivity contribution is -0.139. The van der Waals surface area contributed by atoms with Crippen LogP contribution in [0.5, 0.6) is 0 Å². The largest absolute Gasteiger partial charge is 0.481 e. The summed E-state index contributed by atoms with van der Waals surface area (Å²) in [6.07, 6.45) is 2.92. The van der Waals surface area contributed by atoms with E-state index in [-0.39, 0.29) is 0 Å². The predicted molar refractivity (Wildman–Crippen MR) is 61.6 cm³/mol. The Morgan fingerprint density at radius 1 is 1.47 bits per heavy atom. The Labute approximate surface area is 98.7 Å². The van der Waals surface area contributed by atoms with Crippen molar-refractivity contribution in [3.63, 3.8) is 0 Å². The summed E-state index contributed by atoms with van der Waals surface area (Å²) in [6, 6.07) is 7.49. The first kappa shape index (κ1) is 11.3. The summed E-state index contributed by atoms with van der Waals surface area (Å²) < 4.78 is 1.53. The van der Waals surface area contributed by atoms with Gasteiger partial charge in [0, 0.05) is 0 Å². The number of rotatable bonds is 4. The van der Waals surface area contributed by atoms with Crippen LogP contribution in [0, 0.1) is 6.92 Å². The monoisotopic (exact) mass is 231 g/mol. The van der Waals surface area contributed by atoms with Crippen LogP contribution >= 0.6 is 0 Å². The van der Waals surface area contributed by atoms with Crippen molar-refractivity contribution >= 4 is 5.97 Å². The van der Waals surface area contributed by atoms with E-state index in [1.807, 2.05) is 31.2 Å². The van der Waals surface area contributed by atoms with Crippen LogP contribution in [0.25, 0.3) is 0 Å². The maximum Gasteiger partial charge on any atom is 0.312 e. The highest BCUT2D eigenvalue weighted by molar-refractivity contribution is 5.76. The fourth-order valence-corrected chi connectivity index (χ4v) is 1.80. The second-order valence-electron chi connectivity index (χ2n) is 3.86. The molecule has 0 amide bonds. The zero-order valence-corrected chi connectivity index (χ0v) is 9.45. The highest BCUT2D eigenvalue weighted by atomic mass is 16.4. The van der Waals surface area contributed by atoms with E-state index in [0.717, 1.165) is 11.1 Å². The molecule has 1 heterocycles. The predicted octanol–water partition coefficient (Wildman–Crippen LogP) is 1.45. The van der Waals surface area contributed by atoms with E-state index >= 15 is 0 Å². The van der Waals surface area contributed by atoms with E-state index in [9.17, 15) is 9.90 Å². The lowest BCUT2D eigenvalue weighted by atomic mass is 9.95. The van der Waals surface area contributed by atoms with Crippen molar-refractivity contribution in [1.29, 1.82) is 0 Å². The third kappa shape index (κ3) is 2.50. The Morgan fingerprint density at radius 2 is 2.24 bits per heavy atom. The Morgan fingerprint density at radius 3 is 2.82 bits per heavy atom. The average Bonchev–Trinajstić information content (AvgIpc) is 2.79. The first-order valence-electron chi connectivity index (χ1n) is 5.29. The summed E-state index contributed by atoms with van der Waals surface area (Å²) in [6.45, 7) is 2.20. The molecule has 2 rings (SSSR count). The summed E-state index contributed by atoms with van der Waals surface area (Å²) in [5.41, 5.74) is 1.79. The van der Waals surface area contributed by atoms with E-state index in [1.165, 1.54) is 17.3 Å². The Kier molecular flexibility index (Phi) is 3.18. The molecule has 0 saturated heterocycles. The van der Waals surface area contributed by atoms with Crippen LogP contribution in [0.2, 0.25) is 0 Å². The van der Waals surface area contributed by atoms with Gasteiger partial charge in [0.1, 0.15) is 18.6 Å². The molecular formula is C12H13N3O2. The fraction of sp³-hybridized carbons (Fsp3) is 0.250. The van der Waals surface area contributed by atoms with Crippen molar-refractivity contribution in [1.82, 2.24) is 14.8 Å². The number of carboxylic acids is 1. The molecule has 1 aromatic heterocycles. The molecule has 0 aliphatic rings. The molecule has 0 spiro atoms. The molecule has 88 valence electrons. The Balaban J connectivity index is 2.30. The molecule has 0 fully saturated rings. The maximum absolute atomic E-state index is 11.3. The summed E-state index contributed by atoms with van der Waals surface area (Å²) in [4.78, 5) is 15.1.